The highest BCUT2D eigenvalue weighted by Gasteiger charge is 2.40. The van der Waals surface area contributed by atoms with Crippen LogP contribution in [0.15, 0.2) is 106 Å². The molecule has 0 unspecified atom stereocenters. The molecule has 7 rings (SSSR count). The van der Waals surface area contributed by atoms with Crippen molar-refractivity contribution >= 4 is 0 Å². The Bertz CT molecular complexity index is 2160. The molecule has 0 radical (unpaired) electrons. The molecule has 282 valence electrons. The fourth-order valence-electron chi connectivity index (χ4n) is 5.40. The number of benzene rings is 4. The van der Waals surface area contributed by atoms with Crippen molar-refractivity contribution in [3.05, 3.63) is 142 Å². The van der Waals surface area contributed by atoms with Crippen molar-refractivity contribution in [1.29, 1.82) is 5.26 Å². The molecular weight excluding hydrogens is 710 g/mol. The number of nitrogens with two attached hydrogens (primary N) is 1. The lowest BCUT2D eigenvalue weighted by molar-refractivity contribution is -0.138. The van der Waals surface area contributed by atoms with Crippen molar-refractivity contribution in [2.24, 2.45) is 5.73 Å². The maximum atomic E-state index is 12.7. The van der Waals surface area contributed by atoms with E-state index < -0.39 is 23.5 Å². The first kappa shape index (κ1) is 41.0. The second kappa shape index (κ2) is 16.9. The monoisotopic (exact) mass is 748 g/mol. The zero-order valence-electron chi connectivity index (χ0n) is 27.4. The number of halogens is 6. The predicted octanol–water partition coefficient (Wildman–Crippen LogP) is 10.1. The van der Waals surface area contributed by atoms with Crippen molar-refractivity contribution in [2.45, 2.75) is 71.3 Å². The lowest BCUT2D eigenvalue weighted by Crippen LogP contribution is -2.24. The molecule has 2 aromatic heterocycles. The van der Waals surface area contributed by atoms with Crippen molar-refractivity contribution in [1.82, 2.24) is 20.4 Å². The van der Waals surface area contributed by atoms with Gasteiger partial charge < -0.3 is 14.6 Å². The Morgan fingerprint density at radius 3 is 1.43 bits per heavy atom. The van der Waals surface area contributed by atoms with Crippen LogP contribution in [0, 0.1) is 11.3 Å². The van der Waals surface area contributed by atoms with Crippen LogP contribution in [0.4, 0.5) is 26.3 Å². The molecule has 8 nitrogen and oxygen atoms in total. The van der Waals surface area contributed by atoms with E-state index in [1.807, 2.05) is 42.5 Å². The van der Waals surface area contributed by atoms with Gasteiger partial charge in [-0.25, -0.2) is 0 Å². The van der Waals surface area contributed by atoms with E-state index in [-0.39, 0.29) is 38.6 Å². The number of nitrogens with zero attached hydrogens (tertiary/aromatic N) is 5. The molecule has 1 aliphatic carbocycles. The van der Waals surface area contributed by atoms with E-state index in [0.717, 1.165) is 64.9 Å². The molecule has 4 aromatic carbocycles. The van der Waals surface area contributed by atoms with Gasteiger partial charge in [0, 0.05) is 23.1 Å². The maximum Gasteiger partial charge on any atom is 0.416 e. The number of alkyl halides is 6. The number of hydrogen-bond acceptors (Lipinski definition) is 8. The van der Waals surface area contributed by atoms with Crippen LogP contribution in [0.5, 0.6) is 0 Å². The highest BCUT2D eigenvalue weighted by atomic mass is 19.4. The van der Waals surface area contributed by atoms with Gasteiger partial charge in [-0.15, -0.1) is 20.4 Å². The molecule has 54 heavy (non-hydrogen) atoms. The van der Waals surface area contributed by atoms with Gasteiger partial charge in [0.25, 0.3) is 0 Å². The number of hydrogen-bond donors (Lipinski definition) is 1. The van der Waals surface area contributed by atoms with Gasteiger partial charge in [0.1, 0.15) is 6.42 Å². The zero-order chi connectivity index (χ0) is 36.9. The zero-order valence-corrected chi connectivity index (χ0v) is 27.4. The van der Waals surface area contributed by atoms with E-state index in [9.17, 15) is 26.3 Å². The van der Waals surface area contributed by atoms with E-state index in [4.69, 9.17) is 19.8 Å². The largest absolute Gasteiger partial charge is 0.421 e. The van der Waals surface area contributed by atoms with Gasteiger partial charge in [-0.1, -0.05) is 75.5 Å². The second-order valence-electron chi connectivity index (χ2n) is 12.4. The SMILES string of the molecule is C.C.N#CCc1nnc(-c2ccccc2Cc2ccc(C(F)(F)F)cc2)o1.NC1(Cc2nnc(-c3ccccc3Cc3ccc(C(F)(F)F)cc3)o2)CC1. The minimum atomic E-state index is -4.35. The summed E-state index contributed by atoms with van der Waals surface area (Å²) < 4.78 is 87.3. The molecule has 0 bridgehead atoms. The molecule has 0 spiro atoms. The Balaban J connectivity index is 0.000000233. The first-order valence-electron chi connectivity index (χ1n) is 16.1. The molecule has 0 aliphatic heterocycles. The van der Waals surface area contributed by atoms with E-state index in [1.54, 1.807) is 12.1 Å². The summed E-state index contributed by atoms with van der Waals surface area (Å²) in [4.78, 5) is 0. The lowest BCUT2D eigenvalue weighted by Gasteiger charge is -2.09. The van der Waals surface area contributed by atoms with E-state index in [0.29, 0.717) is 36.6 Å². The van der Waals surface area contributed by atoms with Crippen LogP contribution in [0.25, 0.3) is 22.9 Å². The van der Waals surface area contributed by atoms with Crippen LogP contribution in [-0.4, -0.2) is 25.9 Å². The Morgan fingerprint density at radius 1 is 0.611 bits per heavy atom. The predicted molar refractivity (Wildman–Crippen MR) is 191 cm³/mol. The van der Waals surface area contributed by atoms with Gasteiger partial charge in [-0.05, 0) is 84.3 Å². The molecule has 14 heteroatoms. The third kappa shape index (κ3) is 10.4. The summed E-state index contributed by atoms with van der Waals surface area (Å²) in [7, 11) is 0. The molecule has 0 amide bonds. The summed E-state index contributed by atoms with van der Waals surface area (Å²) in [6, 6.07) is 26.9. The Labute approximate surface area is 308 Å². The fourth-order valence-corrected chi connectivity index (χ4v) is 5.40. The minimum absolute atomic E-state index is 0. The molecule has 2 heterocycles. The fraction of sp³-hybridized carbons (Fsp3) is 0.275. The van der Waals surface area contributed by atoms with Crippen LogP contribution in [0.1, 0.15) is 72.9 Å². The second-order valence-corrected chi connectivity index (χ2v) is 12.4. The number of aromatic nitrogens is 4. The summed E-state index contributed by atoms with van der Waals surface area (Å²) >= 11 is 0. The van der Waals surface area contributed by atoms with Gasteiger partial charge >= 0.3 is 12.4 Å². The van der Waals surface area contributed by atoms with Gasteiger partial charge in [0.05, 0.1) is 17.2 Å². The average Bonchev–Trinajstić information content (AvgIpc) is 3.43. The van der Waals surface area contributed by atoms with Crippen molar-refractivity contribution < 1.29 is 35.2 Å². The Hall–Kier alpha value is -5.81. The van der Waals surface area contributed by atoms with E-state index in [2.05, 4.69) is 20.4 Å². The maximum absolute atomic E-state index is 12.7. The third-order valence-electron chi connectivity index (χ3n) is 8.41. The van der Waals surface area contributed by atoms with E-state index in [1.165, 1.54) is 24.3 Å². The van der Waals surface area contributed by atoms with Crippen LogP contribution in [0.2, 0.25) is 0 Å². The normalized spacial score (nSPS) is 13.1. The number of rotatable bonds is 9. The Kier molecular flexibility index (Phi) is 12.8. The van der Waals surface area contributed by atoms with Crippen LogP contribution < -0.4 is 5.73 Å². The third-order valence-corrected chi connectivity index (χ3v) is 8.41. The van der Waals surface area contributed by atoms with Gasteiger partial charge in [0.2, 0.25) is 23.6 Å². The highest BCUT2D eigenvalue weighted by molar-refractivity contribution is 5.60. The van der Waals surface area contributed by atoms with E-state index >= 15 is 0 Å². The Morgan fingerprint density at radius 2 is 1.02 bits per heavy atom. The first-order chi connectivity index (χ1) is 24.8. The van der Waals surface area contributed by atoms with Crippen molar-refractivity contribution in [2.75, 3.05) is 0 Å². The first-order valence-corrected chi connectivity index (χ1v) is 16.1. The standard InChI is InChI=1S/C20H18F3N3O.C18H12F3N3O.2CH4/c21-20(22,23)15-7-5-13(6-8-15)11-14-3-1-2-4-16(14)18-26-25-17(27-18)12-19(24)9-10-19;19-18(20,21)14-7-5-12(6-8-14)11-13-3-1-2-4-15(13)17-24-23-16(25-17)9-10-22;;/h1-8H,9-12,24H2;1-8H,9,11H2;2*1H4. The molecular formula is C40H38F6N6O2. The van der Waals surface area contributed by atoms with Crippen molar-refractivity contribution in [3.63, 3.8) is 0 Å². The quantitative estimate of drug-likeness (QED) is 0.145. The molecule has 6 aromatic rings. The summed E-state index contributed by atoms with van der Waals surface area (Å²) in [5.74, 6) is 1.42. The highest BCUT2D eigenvalue weighted by Crippen LogP contribution is 2.36. The molecule has 1 aliphatic rings. The molecule has 1 fully saturated rings. The molecule has 2 N–H and O–H groups in total. The lowest BCUT2D eigenvalue weighted by atomic mass is 9.99. The van der Waals surface area contributed by atoms with Crippen LogP contribution >= 0.6 is 0 Å². The summed E-state index contributed by atoms with van der Waals surface area (Å²) in [5.41, 5.74) is 9.26. The molecule has 1 saturated carbocycles. The molecule has 0 saturated heterocycles. The topological polar surface area (TPSA) is 128 Å². The van der Waals surface area contributed by atoms with Gasteiger partial charge in [-0.3, -0.25) is 0 Å². The van der Waals surface area contributed by atoms with Crippen LogP contribution in [0.3, 0.4) is 0 Å². The average molecular weight is 749 g/mol. The molecule has 0 atom stereocenters. The summed E-state index contributed by atoms with van der Waals surface area (Å²) in [6.07, 6.45) is -5.31. The van der Waals surface area contributed by atoms with Gasteiger partial charge in [0.15, 0.2) is 0 Å². The number of nitriles is 1. The van der Waals surface area contributed by atoms with Crippen molar-refractivity contribution in [3.8, 4) is 29.0 Å². The summed E-state index contributed by atoms with van der Waals surface area (Å²) in [6.45, 7) is 0. The van der Waals surface area contributed by atoms with Gasteiger partial charge in [-0.2, -0.15) is 31.6 Å². The summed E-state index contributed by atoms with van der Waals surface area (Å²) in [5, 5.41) is 24.6. The smallest absolute Gasteiger partial charge is 0.416 e. The van der Waals surface area contributed by atoms with Crippen LogP contribution in [-0.2, 0) is 38.0 Å². The minimum Gasteiger partial charge on any atom is -0.421 e.